The molecule has 0 saturated carbocycles. The van der Waals surface area contributed by atoms with Gasteiger partial charge in [0.2, 0.25) is 0 Å². The summed E-state index contributed by atoms with van der Waals surface area (Å²) >= 11 is 0. The van der Waals surface area contributed by atoms with Crippen LogP contribution in [0, 0.1) is 18.6 Å². The fraction of sp³-hybridized carbons (Fsp3) is 0.355. The normalized spacial score (nSPS) is 15.8. The maximum absolute atomic E-state index is 15.1. The van der Waals surface area contributed by atoms with E-state index in [1.807, 2.05) is 11.8 Å². The minimum atomic E-state index is -0.499. The molecule has 7 nitrogen and oxygen atoms in total. The quantitative estimate of drug-likeness (QED) is 0.312. The SMILES string of the molecule is CCN(CC)CCN1CCCc2[nH]c(/C=C3\C(=O)Nc4cc(NCc5ccc(F)cc5)c(F)cc43)c(C)c2C1=O. The number of aryl methyl sites for hydroxylation is 1. The number of aromatic nitrogens is 1. The number of aromatic amines is 1. The Morgan fingerprint density at radius 1 is 1.10 bits per heavy atom. The van der Waals surface area contributed by atoms with Crippen molar-refractivity contribution in [2.75, 3.05) is 43.4 Å². The van der Waals surface area contributed by atoms with Crippen LogP contribution in [0.5, 0.6) is 0 Å². The van der Waals surface area contributed by atoms with E-state index in [1.54, 1.807) is 24.3 Å². The average molecular weight is 548 g/mol. The molecule has 0 spiro atoms. The van der Waals surface area contributed by atoms with E-state index in [0.29, 0.717) is 47.7 Å². The molecule has 0 unspecified atom stereocenters. The Morgan fingerprint density at radius 3 is 2.58 bits per heavy atom. The van der Waals surface area contributed by atoms with Crippen LogP contribution >= 0.6 is 0 Å². The first-order chi connectivity index (χ1) is 19.3. The number of amides is 2. The van der Waals surface area contributed by atoms with E-state index in [4.69, 9.17) is 0 Å². The van der Waals surface area contributed by atoms with Crippen LogP contribution in [-0.4, -0.2) is 59.3 Å². The lowest BCUT2D eigenvalue weighted by molar-refractivity contribution is -0.110. The van der Waals surface area contributed by atoms with Gasteiger partial charge in [0.1, 0.15) is 11.6 Å². The van der Waals surface area contributed by atoms with Crippen LogP contribution in [0.4, 0.5) is 20.2 Å². The molecule has 3 N–H and O–H groups in total. The third-order valence-corrected chi connectivity index (χ3v) is 7.88. The summed E-state index contributed by atoms with van der Waals surface area (Å²) in [6.45, 7) is 10.6. The van der Waals surface area contributed by atoms with Gasteiger partial charge >= 0.3 is 0 Å². The van der Waals surface area contributed by atoms with Gasteiger partial charge in [-0.3, -0.25) is 9.59 Å². The van der Waals surface area contributed by atoms with Crippen LogP contribution in [-0.2, 0) is 17.8 Å². The van der Waals surface area contributed by atoms with Crippen molar-refractivity contribution in [3.8, 4) is 0 Å². The highest BCUT2D eigenvalue weighted by molar-refractivity contribution is 6.35. The third kappa shape index (κ3) is 5.51. The van der Waals surface area contributed by atoms with E-state index in [0.717, 1.165) is 49.3 Å². The molecule has 2 aromatic carbocycles. The number of nitrogens with one attached hydrogen (secondary N) is 3. The Balaban J connectivity index is 1.38. The number of rotatable bonds is 9. The second-order valence-corrected chi connectivity index (χ2v) is 10.3. The Bertz CT molecular complexity index is 1460. The molecule has 0 atom stereocenters. The van der Waals surface area contributed by atoms with Gasteiger partial charge in [0, 0.05) is 43.1 Å². The summed E-state index contributed by atoms with van der Waals surface area (Å²) in [7, 11) is 0. The van der Waals surface area contributed by atoms with E-state index in [9.17, 15) is 14.0 Å². The summed E-state index contributed by atoms with van der Waals surface area (Å²) in [6.07, 6.45) is 3.31. The highest BCUT2D eigenvalue weighted by Crippen LogP contribution is 2.37. The number of fused-ring (bicyclic) bond motifs is 2. The maximum atomic E-state index is 15.1. The van der Waals surface area contributed by atoms with Gasteiger partial charge in [0.05, 0.1) is 22.5 Å². The number of H-pyrrole nitrogens is 1. The number of hydrogen-bond acceptors (Lipinski definition) is 4. The Hall–Kier alpha value is -3.98. The lowest BCUT2D eigenvalue weighted by atomic mass is 10.0. The minimum absolute atomic E-state index is 0.0113. The van der Waals surface area contributed by atoms with Gasteiger partial charge in [-0.2, -0.15) is 0 Å². The number of halogens is 2. The number of likely N-dealkylation sites (N-methyl/N-ethyl adjacent to an activating group) is 1. The summed E-state index contributed by atoms with van der Waals surface area (Å²) in [5, 5.41) is 5.85. The second-order valence-electron chi connectivity index (χ2n) is 10.3. The molecule has 5 rings (SSSR count). The van der Waals surface area contributed by atoms with E-state index < -0.39 is 5.82 Å². The molecular formula is C31H35F2N5O2. The van der Waals surface area contributed by atoms with E-state index in [-0.39, 0.29) is 23.3 Å². The largest absolute Gasteiger partial charge is 0.379 e. The predicted molar refractivity (Wildman–Crippen MR) is 154 cm³/mol. The van der Waals surface area contributed by atoms with Gasteiger partial charge in [-0.1, -0.05) is 26.0 Å². The fourth-order valence-electron chi connectivity index (χ4n) is 5.46. The zero-order chi connectivity index (χ0) is 28.4. The zero-order valence-electron chi connectivity index (χ0n) is 23.2. The Labute approximate surface area is 233 Å². The van der Waals surface area contributed by atoms with Gasteiger partial charge in [-0.15, -0.1) is 0 Å². The molecule has 1 aromatic heterocycles. The first-order valence-electron chi connectivity index (χ1n) is 13.9. The molecule has 2 amide bonds. The smallest absolute Gasteiger partial charge is 0.256 e. The Morgan fingerprint density at radius 2 is 1.85 bits per heavy atom. The number of hydrogen-bond donors (Lipinski definition) is 3. The first kappa shape index (κ1) is 27.6. The number of benzene rings is 2. The first-order valence-corrected chi connectivity index (χ1v) is 13.9. The number of carbonyl (C=O) groups is 2. The molecule has 0 bridgehead atoms. The second kappa shape index (κ2) is 11.6. The van der Waals surface area contributed by atoms with Crippen LogP contribution in [0.15, 0.2) is 36.4 Å². The molecule has 0 saturated heterocycles. The van der Waals surface area contributed by atoms with Gasteiger partial charge in [0.15, 0.2) is 0 Å². The van der Waals surface area contributed by atoms with Crippen molar-refractivity contribution in [2.24, 2.45) is 0 Å². The van der Waals surface area contributed by atoms with Crippen molar-refractivity contribution in [1.82, 2.24) is 14.8 Å². The van der Waals surface area contributed by atoms with E-state index in [1.165, 1.54) is 18.2 Å². The molecule has 0 aliphatic carbocycles. The van der Waals surface area contributed by atoms with Crippen LogP contribution in [0.25, 0.3) is 11.6 Å². The van der Waals surface area contributed by atoms with Gasteiger partial charge < -0.3 is 25.4 Å². The fourth-order valence-corrected chi connectivity index (χ4v) is 5.46. The van der Waals surface area contributed by atoms with Crippen LogP contribution < -0.4 is 10.6 Å². The average Bonchev–Trinajstić information content (AvgIpc) is 3.35. The molecule has 3 heterocycles. The minimum Gasteiger partial charge on any atom is -0.379 e. The standard InChI is InChI=1S/C31H35F2N5O2/c1-4-37(5-2)13-14-38-12-6-7-25-29(31(38)40)19(3)26(35-25)16-23-22-15-24(33)28(17-27(22)36-30(23)39)34-18-20-8-10-21(32)11-9-20/h8-11,15-17,34-35H,4-7,12-14,18H2,1-3H3,(H,36,39)/b23-16-. The molecule has 2 aliphatic heterocycles. The van der Waals surface area contributed by atoms with Crippen molar-refractivity contribution in [3.05, 3.63) is 81.7 Å². The van der Waals surface area contributed by atoms with Gasteiger partial charge in [0.25, 0.3) is 11.8 Å². The number of carbonyl (C=O) groups excluding carboxylic acids is 2. The van der Waals surface area contributed by atoms with E-state index in [2.05, 4.69) is 34.4 Å². The van der Waals surface area contributed by atoms with Gasteiger partial charge in [-0.25, -0.2) is 8.78 Å². The van der Waals surface area contributed by atoms with Crippen LogP contribution in [0.3, 0.4) is 0 Å². The molecule has 0 radical (unpaired) electrons. The lowest BCUT2D eigenvalue weighted by Gasteiger charge is -2.25. The van der Waals surface area contributed by atoms with Crippen molar-refractivity contribution < 1.29 is 18.4 Å². The molecule has 3 aromatic rings. The highest BCUT2D eigenvalue weighted by atomic mass is 19.1. The summed E-state index contributed by atoms with van der Waals surface area (Å²) in [5.74, 6) is -1.15. The lowest BCUT2D eigenvalue weighted by Crippen LogP contribution is -2.38. The summed E-state index contributed by atoms with van der Waals surface area (Å²) in [6, 6.07) is 8.88. The predicted octanol–water partition coefficient (Wildman–Crippen LogP) is 5.44. The van der Waals surface area contributed by atoms with Crippen molar-refractivity contribution in [3.63, 3.8) is 0 Å². The summed E-state index contributed by atoms with van der Waals surface area (Å²) in [4.78, 5) is 34.1. The molecule has 0 fully saturated rings. The van der Waals surface area contributed by atoms with Crippen molar-refractivity contribution in [1.29, 1.82) is 0 Å². The Kier molecular flexibility index (Phi) is 8.02. The van der Waals surface area contributed by atoms with Crippen molar-refractivity contribution >= 4 is 34.8 Å². The maximum Gasteiger partial charge on any atom is 0.256 e. The molecule has 40 heavy (non-hydrogen) atoms. The monoisotopic (exact) mass is 547 g/mol. The van der Waals surface area contributed by atoms with Crippen molar-refractivity contribution in [2.45, 2.75) is 40.2 Å². The van der Waals surface area contributed by atoms with Crippen LogP contribution in [0.1, 0.15) is 58.7 Å². The summed E-state index contributed by atoms with van der Waals surface area (Å²) < 4.78 is 28.3. The highest BCUT2D eigenvalue weighted by Gasteiger charge is 2.30. The zero-order valence-corrected chi connectivity index (χ0v) is 23.2. The van der Waals surface area contributed by atoms with Gasteiger partial charge in [-0.05, 0) is 74.3 Å². The molecule has 2 aliphatic rings. The third-order valence-electron chi connectivity index (χ3n) is 7.88. The summed E-state index contributed by atoms with van der Waals surface area (Å²) in [5.41, 5.74) is 5.37. The molecule has 210 valence electrons. The topological polar surface area (TPSA) is 80.5 Å². The van der Waals surface area contributed by atoms with Crippen LogP contribution in [0.2, 0.25) is 0 Å². The van der Waals surface area contributed by atoms with E-state index >= 15 is 4.39 Å². The number of nitrogens with zero attached hydrogens (tertiary/aromatic N) is 2. The molecular weight excluding hydrogens is 512 g/mol. The molecule has 9 heteroatoms. The number of anilines is 2.